The maximum Gasteiger partial charge on any atom is 0.218 e. The smallest absolute Gasteiger partial charge is 0.218 e. The minimum atomic E-state index is -0.275. The molecule has 0 spiro atoms. The van der Waals surface area contributed by atoms with Gasteiger partial charge in [0.1, 0.15) is 0 Å². The van der Waals surface area contributed by atoms with Crippen molar-refractivity contribution in [3.8, 4) is 0 Å². The molecule has 0 aromatic rings. The Morgan fingerprint density at radius 2 is 2.29 bits per heavy atom. The van der Waals surface area contributed by atoms with Crippen LogP contribution in [-0.2, 0) is 4.43 Å². The second kappa shape index (κ2) is 3.86. The Morgan fingerprint density at radius 3 is 2.43 bits per heavy atom. The van der Waals surface area contributed by atoms with E-state index in [1.54, 1.807) is 7.05 Å². The zero-order valence-corrected chi connectivity index (χ0v) is 6.48. The third kappa shape index (κ3) is 3.52. The van der Waals surface area contributed by atoms with Gasteiger partial charge in [0.25, 0.3) is 0 Å². The van der Waals surface area contributed by atoms with Gasteiger partial charge in [-0.2, -0.15) is 0 Å². The largest absolute Gasteiger partial charge is 0.540 e. The summed E-state index contributed by atoms with van der Waals surface area (Å²) in [7, 11) is 1.46. The standard InChI is InChI=1S/C4H11NOSi/c1-4(5-2)6-7-3/h7H2,1-3H3. The van der Waals surface area contributed by atoms with E-state index in [9.17, 15) is 0 Å². The molecule has 7 heavy (non-hydrogen) atoms. The zero-order chi connectivity index (χ0) is 5.70. The predicted molar refractivity (Wildman–Crippen MR) is 34.5 cm³/mol. The molecule has 0 saturated carbocycles. The molecule has 0 bridgehead atoms. The number of aliphatic imine (C=N–C) groups is 1. The highest BCUT2D eigenvalue weighted by Crippen LogP contribution is 1.74. The average molecular weight is 117 g/mol. The summed E-state index contributed by atoms with van der Waals surface area (Å²) in [4.78, 5) is 3.81. The highest BCUT2D eigenvalue weighted by atomic mass is 28.2. The lowest BCUT2D eigenvalue weighted by atomic mass is 10.8. The minimum absolute atomic E-state index is 0.275. The van der Waals surface area contributed by atoms with Gasteiger partial charge in [-0.05, 0) is 6.55 Å². The molecule has 2 nitrogen and oxygen atoms in total. The molecular formula is C4H11NOSi. The third-order valence-electron chi connectivity index (χ3n) is 0.668. The molecule has 0 aliphatic rings. The molecule has 0 fully saturated rings. The lowest BCUT2D eigenvalue weighted by Gasteiger charge is -1.97. The third-order valence-corrected chi connectivity index (χ3v) is 1.37. The van der Waals surface area contributed by atoms with Crippen molar-refractivity contribution in [2.24, 2.45) is 4.99 Å². The van der Waals surface area contributed by atoms with E-state index in [4.69, 9.17) is 4.43 Å². The van der Waals surface area contributed by atoms with Gasteiger partial charge in [0.2, 0.25) is 9.76 Å². The quantitative estimate of drug-likeness (QED) is 0.273. The Labute approximate surface area is 46.5 Å². The molecule has 3 heteroatoms. The maximum absolute atomic E-state index is 5.08. The summed E-state index contributed by atoms with van der Waals surface area (Å²) in [5, 5.41) is 0. The fourth-order valence-electron chi connectivity index (χ4n) is 0.273. The second-order valence-electron chi connectivity index (χ2n) is 1.18. The first-order valence-corrected chi connectivity index (χ1v) is 4.36. The molecule has 0 unspecified atom stereocenters. The van der Waals surface area contributed by atoms with E-state index in [1.807, 2.05) is 6.92 Å². The van der Waals surface area contributed by atoms with E-state index in [1.165, 1.54) is 0 Å². The van der Waals surface area contributed by atoms with Gasteiger partial charge in [0.15, 0.2) is 5.90 Å². The summed E-state index contributed by atoms with van der Waals surface area (Å²) in [6.07, 6.45) is 0. The summed E-state index contributed by atoms with van der Waals surface area (Å²) in [5.74, 6) is 0.814. The lowest BCUT2D eigenvalue weighted by molar-refractivity contribution is 0.589. The van der Waals surface area contributed by atoms with Gasteiger partial charge in [-0.1, -0.05) is 0 Å². The number of hydrogen-bond donors (Lipinski definition) is 0. The van der Waals surface area contributed by atoms with Crippen LogP contribution >= 0.6 is 0 Å². The lowest BCUT2D eigenvalue weighted by Crippen LogP contribution is -1.99. The fourth-order valence-corrected chi connectivity index (χ4v) is 0.820. The Hall–Kier alpha value is -0.313. The van der Waals surface area contributed by atoms with Crippen LogP contribution < -0.4 is 0 Å². The first kappa shape index (κ1) is 6.69. The Bertz CT molecular complexity index is 72.1. The van der Waals surface area contributed by atoms with Gasteiger partial charge in [-0.15, -0.1) is 0 Å². The minimum Gasteiger partial charge on any atom is -0.540 e. The molecule has 0 rings (SSSR count). The van der Waals surface area contributed by atoms with Gasteiger partial charge in [-0.3, -0.25) is 4.99 Å². The molecular weight excluding hydrogens is 106 g/mol. The van der Waals surface area contributed by atoms with Crippen LogP contribution in [0.3, 0.4) is 0 Å². The Morgan fingerprint density at radius 1 is 1.71 bits per heavy atom. The molecule has 0 aliphatic heterocycles. The van der Waals surface area contributed by atoms with Crippen LogP contribution in [0.25, 0.3) is 0 Å². The number of hydrogen-bond acceptors (Lipinski definition) is 2. The maximum atomic E-state index is 5.08. The normalized spacial score (nSPS) is 13.3. The van der Waals surface area contributed by atoms with Gasteiger partial charge in [-0.25, -0.2) is 0 Å². The number of rotatable bonds is 1. The summed E-state index contributed by atoms with van der Waals surface area (Å²) in [6, 6.07) is 0. The fraction of sp³-hybridized carbons (Fsp3) is 0.750. The molecule has 0 atom stereocenters. The highest BCUT2D eigenvalue weighted by Gasteiger charge is 1.80. The number of nitrogens with zero attached hydrogens (tertiary/aromatic N) is 1. The molecule has 0 heterocycles. The van der Waals surface area contributed by atoms with Crippen molar-refractivity contribution in [2.45, 2.75) is 13.5 Å². The van der Waals surface area contributed by atoms with Crippen molar-refractivity contribution in [3.63, 3.8) is 0 Å². The van der Waals surface area contributed by atoms with Crippen LogP contribution in [0.1, 0.15) is 6.92 Å². The van der Waals surface area contributed by atoms with E-state index in [-0.39, 0.29) is 9.76 Å². The Balaban J connectivity index is 3.17. The molecule has 0 aromatic heterocycles. The monoisotopic (exact) mass is 117 g/mol. The van der Waals surface area contributed by atoms with Gasteiger partial charge >= 0.3 is 0 Å². The van der Waals surface area contributed by atoms with E-state index in [0.717, 1.165) is 5.90 Å². The topological polar surface area (TPSA) is 21.6 Å². The van der Waals surface area contributed by atoms with Crippen LogP contribution in [0.4, 0.5) is 0 Å². The molecule has 0 aromatic carbocycles. The van der Waals surface area contributed by atoms with Crippen LogP contribution in [0.15, 0.2) is 4.99 Å². The molecule has 0 radical (unpaired) electrons. The van der Waals surface area contributed by atoms with E-state index >= 15 is 0 Å². The second-order valence-corrected chi connectivity index (χ2v) is 2.04. The summed E-state index contributed by atoms with van der Waals surface area (Å²) >= 11 is 0. The summed E-state index contributed by atoms with van der Waals surface area (Å²) < 4.78 is 5.08. The SMILES string of the molecule is CN=C(C)O[SiH2]C. The molecule has 0 amide bonds. The van der Waals surface area contributed by atoms with Crippen molar-refractivity contribution in [1.82, 2.24) is 0 Å². The van der Waals surface area contributed by atoms with Crippen LogP contribution in [0.5, 0.6) is 0 Å². The molecule has 0 saturated heterocycles. The summed E-state index contributed by atoms with van der Waals surface area (Å²) in [6.45, 7) is 3.95. The molecule has 0 N–H and O–H groups in total. The van der Waals surface area contributed by atoms with Gasteiger partial charge in [0.05, 0.1) is 0 Å². The van der Waals surface area contributed by atoms with Crippen molar-refractivity contribution in [2.75, 3.05) is 7.05 Å². The van der Waals surface area contributed by atoms with E-state index in [0.29, 0.717) is 0 Å². The predicted octanol–water partition coefficient (Wildman–Crippen LogP) is 0.183. The van der Waals surface area contributed by atoms with Gasteiger partial charge < -0.3 is 4.43 Å². The van der Waals surface area contributed by atoms with Gasteiger partial charge in [0, 0.05) is 14.0 Å². The Kier molecular flexibility index (Phi) is 3.69. The van der Waals surface area contributed by atoms with Crippen molar-refractivity contribution in [1.29, 1.82) is 0 Å². The van der Waals surface area contributed by atoms with Crippen LogP contribution in [-0.4, -0.2) is 22.7 Å². The van der Waals surface area contributed by atoms with Crippen LogP contribution in [0.2, 0.25) is 6.55 Å². The van der Waals surface area contributed by atoms with E-state index in [2.05, 4.69) is 11.5 Å². The zero-order valence-electron chi connectivity index (χ0n) is 5.06. The van der Waals surface area contributed by atoms with Crippen molar-refractivity contribution < 1.29 is 4.43 Å². The average Bonchev–Trinajstić information content (AvgIpc) is 1.68. The molecule has 42 valence electrons. The first-order valence-electron chi connectivity index (χ1n) is 2.37. The highest BCUT2D eigenvalue weighted by molar-refractivity contribution is 6.28. The van der Waals surface area contributed by atoms with E-state index < -0.39 is 0 Å². The summed E-state index contributed by atoms with van der Waals surface area (Å²) in [5.41, 5.74) is 0. The van der Waals surface area contributed by atoms with Crippen molar-refractivity contribution in [3.05, 3.63) is 0 Å². The van der Waals surface area contributed by atoms with Crippen LogP contribution in [0, 0.1) is 0 Å². The first-order chi connectivity index (χ1) is 3.31. The molecule has 0 aliphatic carbocycles. The van der Waals surface area contributed by atoms with Crippen molar-refractivity contribution >= 4 is 15.7 Å².